The molecule has 0 aromatic carbocycles. The highest BCUT2D eigenvalue weighted by molar-refractivity contribution is 5.80. The number of aromatic nitrogens is 2. The van der Waals surface area contributed by atoms with Gasteiger partial charge in [0.05, 0.1) is 11.4 Å². The zero-order chi connectivity index (χ0) is 9.54. The van der Waals surface area contributed by atoms with Gasteiger partial charge in [-0.2, -0.15) is 10.1 Å². The van der Waals surface area contributed by atoms with Crippen LogP contribution < -0.4 is 10.7 Å². The van der Waals surface area contributed by atoms with Crippen molar-refractivity contribution in [3.8, 4) is 0 Å². The molecule has 2 aliphatic rings. The SMILES string of the molecule is O=C1CN2C=COC2=c2cn[nH]c2=N1. The highest BCUT2D eigenvalue weighted by Gasteiger charge is 2.21. The van der Waals surface area contributed by atoms with E-state index in [9.17, 15) is 4.79 Å². The third-order valence-corrected chi connectivity index (χ3v) is 2.07. The molecule has 1 aromatic heterocycles. The lowest BCUT2D eigenvalue weighted by Crippen LogP contribution is -2.27. The largest absolute Gasteiger partial charge is 0.446 e. The average molecular weight is 190 g/mol. The second-order valence-electron chi connectivity index (χ2n) is 2.97. The Morgan fingerprint density at radius 2 is 2.50 bits per heavy atom. The van der Waals surface area contributed by atoms with E-state index in [1.807, 2.05) is 0 Å². The highest BCUT2D eigenvalue weighted by atomic mass is 16.5. The van der Waals surface area contributed by atoms with Gasteiger partial charge in [0.2, 0.25) is 5.88 Å². The first-order chi connectivity index (χ1) is 6.84. The molecule has 0 aliphatic carbocycles. The third-order valence-electron chi connectivity index (χ3n) is 2.07. The van der Waals surface area contributed by atoms with Gasteiger partial charge >= 0.3 is 0 Å². The van der Waals surface area contributed by atoms with Gasteiger partial charge in [0, 0.05) is 6.20 Å². The van der Waals surface area contributed by atoms with Gasteiger partial charge < -0.3 is 9.64 Å². The minimum Gasteiger partial charge on any atom is -0.446 e. The number of fused-ring (bicyclic) bond motifs is 2. The first kappa shape index (κ1) is 7.31. The van der Waals surface area contributed by atoms with Gasteiger partial charge in [0.25, 0.3) is 5.91 Å². The van der Waals surface area contributed by atoms with Crippen molar-refractivity contribution >= 4 is 11.8 Å². The first-order valence-electron chi connectivity index (χ1n) is 4.10. The van der Waals surface area contributed by atoms with Gasteiger partial charge in [-0.25, -0.2) is 0 Å². The Balaban J connectivity index is 2.39. The summed E-state index contributed by atoms with van der Waals surface area (Å²) < 4.78 is 5.26. The van der Waals surface area contributed by atoms with E-state index in [1.165, 1.54) is 6.26 Å². The summed E-state index contributed by atoms with van der Waals surface area (Å²) in [4.78, 5) is 16.9. The monoisotopic (exact) mass is 190 g/mol. The average Bonchev–Trinajstić information content (AvgIpc) is 2.72. The van der Waals surface area contributed by atoms with Gasteiger partial charge in [0.1, 0.15) is 12.8 Å². The molecule has 1 aromatic rings. The lowest BCUT2D eigenvalue weighted by Gasteiger charge is -2.11. The van der Waals surface area contributed by atoms with E-state index in [2.05, 4.69) is 15.2 Å². The van der Waals surface area contributed by atoms with Crippen molar-refractivity contribution in [1.29, 1.82) is 0 Å². The topological polar surface area (TPSA) is 70.6 Å². The summed E-state index contributed by atoms with van der Waals surface area (Å²) in [5.41, 5.74) is 0.455. The van der Waals surface area contributed by atoms with E-state index in [0.29, 0.717) is 16.6 Å². The van der Waals surface area contributed by atoms with E-state index < -0.39 is 0 Å². The van der Waals surface area contributed by atoms with E-state index in [0.717, 1.165) is 0 Å². The fourth-order valence-corrected chi connectivity index (χ4v) is 1.47. The molecule has 70 valence electrons. The molecule has 2 aliphatic heterocycles. The van der Waals surface area contributed by atoms with Crippen LogP contribution in [-0.2, 0) is 9.53 Å². The van der Waals surface area contributed by atoms with Gasteiger partial charge in [-0.3, -0.25) is 9.89 Å². The zero-order valence-electron chi connectivity index (χ0n) is 7.10. The van der Waals surface area contributed by atoms with Gasteiger partial charge in [0.15, 0.2) is 5.49 Å². The Bertz CT molecular complexity index is 542. The highest BCUT2D eigenvalue weighted by Crippen LogP contribution is 2.14. The number of carbonyl (C=O) groups excluding carboxylic acids is 1. The molecule has 6 nitrogen and oxygen atoms in total. The van der Waals surface area contributed by atoms with Crippen LogP contribution in [0.1, 0.15) is 0 Å². The van der Waals surface area contributed by atoms with Crippen molar-refractivity contribution in [1.82, 2.24) is 15.1 Å². The molecule has 6 heteroatoms. The van der Waals surface area contributed by atoms with Crippen LogP contribution in [0.15, 0.2) is 23.7 Å². The van der Waals surface area contributed by atoms with E-state index >= 15 is 0 Å². The second kappa shape index (κ2) is 2.44. The van der Waals surface area contributed by atoms with Crippen molar-refractivity contribution in [2.45, 2.75) is 0 Å². The van der Waals surface area contributed by atoms with Crippen LogP contribution in [0.2, 0.25) is 0 Å². The molecule has 3 rings (SSSR count). The number of hydrogen-bond acceptors (Lipinski definition) is 4. The molecule has 1 amide bonds. The molecule has 14 heavy (non-hydrogen) atoms. The number of H-pyrrole nitrogens is 1. The van der Waals surface area contributed by atoms with Crippen LogP contribution in [-0.4, -0.2) is 27.5 Å². The molecular formula is C8H6N4O2. The number of ether oxygens (including phenoxy) is 1. The maximum Gasteiger partial charge on any atom is 0.267 e. The number of nitrogens with zero attached hydrogens (tertiary/aromatic N) is 3. The van der Waals surface area contributed by atoms with Crippen molar-refractivity contribution in [3.05, 3.63) is 29.4 Å². The molecule has 0 atom stereocenters. The molecule has 0 radical (unpaired) electrons. The second-order valence-corrected chi connectivity index (χ2v) is 2.97. The summed E-state index contributed by atoms with van der Waals surface area (Å²) in [7, 11) is 0. The van der Waals surface area contributed by atoms with E-state index in [1.54, 1.807) is 17.3 Å². The Kier molecular flexibility index (Phi) is 1.27. The fraction of sp³-hybridized carbons (Fsp3) is 0.125. The summed E-state index contributed by atoms with van der Waals surface area (Å²) in [6, 6.07) is 0. The molecule has 0 saturated carbocycles. The van der Waals surface area contributed by atoms with Crippen molar-refractivity contribution in [3.63, 3.8) is 0 Å². The van der Waals surface area contributed by atoms with Crippen LogP contribution >= 0.6 is 0 Å². The molecule has 3 heterocycles. The maximum absolute atomic E-state index is 11.3. The minimum absolute atomic E-state index is 0.203. The maximum atomic E-state index is 11.3. The lowest BCUT2D eigenvalue weighted by molar-refractivity contribution is -0.118. The van der Waals surface area contributed by atoms with Crippen LogP contribution in [0.3, 0.4) is 0 Å². The minimum atomic E-state index is -0.222. The summed E-state index contributed by atoms with van der Waals surface area (Å²) in [5.74, 6) is 0.379. The quantitative estimate of drug-likeness (QED) is 0.537. The number of nitrogens with one attached hydrogen (secondary N) is 1. The van der Waals surface area contributed by atoms with E-state index in [-0.39, 0.29) is 12.5 Å². The molecular weight excluding hydrogens is 184 g/mol. The fourth-order valence-electron chi connectivity index (χ4n) is 1.47. The molecule has 0 unspecified atom stereocenters. The number of rotatable bonds is 0. The molecule has 0 saturated heterocycles. The van der Waals surface area contributed by atoms with Crippen LogP contribution in [0.25, 0.3) is 5.88 Å². The smallest absolute Gasteiger partial charge is 0.267 e. The third kappa shape index (κ3) is 0.875. The summed E-state index contributed by atoms with van der Waals surface area (Å²) in [5, 5.41) is 7.17. The van der Waals surface area contributed by atoms with Gasteiger partial charge in [-0.05, 0) is 0 Å². The predicted octanol–water partition coefficient (Wildman–Crippen LogP) is -1.56. The Hall–Kier alpha value is -2.11. The molecule has 0 fully saturated rings. The van der Waals surface area contributed by atoms with Crippen LogP contribution in [0, 0.1) is 0 Å². The molecule has 1 N–H and O–H groups in total. The van der Waals surface area contributed by atoms with Crippen LogP contribution in [0.5, 0.6) is 0 Å². The predicted molar refractivity (Wildman–Crippen MR) is 44.7 cm³/mol. The summed E-state index contributed by atoms with van der Waals surface area (Å²) in [6.45, 7) is 0.203. The lowest BCUT2D eigenvalue weighted by atomic mass is 10.5. The number of aromatic amines is 1. The Morgan fingerprint density at radius 3 is 3.43 bits per heavy atom. The normalized spacial score (nSPS) is 18.4. The van der Waals surface area contributed by atoms with Crippen molar-refractivity contribution < 1.29 is 9.53 Å². The Labute approximate surface area is 78.2 Å². The number of amides is 1. The summed E-state index contributed by atoms with van der Waals surface area (Å²) in [6.07, 6.45) is 4.82. The standard InChI is InChI=1S/C8H6N4O2/c13-6-4-12-1-2-14-8(12)5-3-9-11-7(5)10-6/h1-3H,4H2,(H,10,11,13). The van der Waals surface area contributed by atoms with Crippen LogP contribution in [0.4, 0.5) is 0 Å². The molecule has 0 bridgehead atoms. The Morgan fingerprint density at radius 1 is 1.57 bits per heavy atom. The molecule has 0 spiro atoms. The number of carbonyl (C=O) groups is 1. The first-order valence-corrected chi connectivity index (χ1v) is 4.10. The van der Waals surface area contributed by atoms with Gasteiger partial charge in [-0.1, -0.05) is 0 Å². The van der Waals surface area contributed by atoms with Gasteiger partial charge in [-0.15, -0.1) is 0 Å². The van der Waals surface area contributed by atoms with Crippen molar-refractivity contribution in [2.75, 3.05) is 6.54 Å². The zero-order valence-corrected chi connectivity index (χ0v) is 7.10. The summed E-state index contributed by atoms with van der Waals surface area (Å²) >= 11 is 0. The van der Waals surface area contributed by atoms with Crippen molar-refractivity contribution in [2.24, 2.45) is 4.99 Å². The van der Waals surface area contributed by atoms with E-state index in [4.69, 9.17) is 4.74 Å². The number of hydrogen-bond donors (Lipinski definition) is 1.